The molecule has 0 aliphatic carbocycles. The summed E-state index contributed by atoms with van der Waals surface area (Å²) in [6, 6.07) is 10.5. The van der Waals surface area contributed by atoms with Crippen LogP contribution in [0.3, 0.4) is 0 Å². The van der Waals surface area contributed by atoms with Gasteiger partial charge in [-0.25, -0.2) is 13.2 Å². The van der Waals surface area contributed by atoms with Gasteiger partial charge < -0.3 is 36.2 Å². The normalized spacial score (nSPS) is 14.1. The Labute approximate surface area is 294 Å². The minimum Gasteiger partial charge on any atom is -0.481 e. The van der Waals surface area contributed by atoms with Crippen LogP contribution in [0.1, 0.15) is 57.7 Å². The van der Waals surface area contributed by atoms with Crippen LogP contribution in [-0.2, 0) is 45.2 Å². The van der Waals surface area contributed by atoms with Gasteiger partial charge in [0, 0.05) is 0 Å². The Bertz CT molecular complexity index is 1650. The lowest BCUT2D eigenvalue weighted by molar-refractivity contribution is -0.140. The number of rotatable bonds is 18. The zero-order chi connectivity index (χ0) is 37.6. The molecule has 0 fully saturated rings. The summed E-state index contributed by atoms with van der Waals surface area (Å²) in [6.45, 7) is 5.74. The first kappa shape index (κ1) is 41.2. The van der Waals surface area contributed by atoms with E-state index in [1.807, 2.05) is 0 Å². The fourth-order valence-electron chi connectivity index (χ4n) is 4.34. The van der Waals surface area contributed by atoms with Crippen LogP contribution in [-0.4, -0.2) is 77.8 Å². The number of carboxylic acid groups (broad SMARTS) is 2. The van der Waals surface area contributed by atoms with E-state index in [1.165, 1.54) is 26.0 Å². The molecular formula is C33H41ClN4O11S. The van der Waals surface area contributed by atoms with Crippen molar-refractivity contribution in [3.05, 3.63) is 82.2 Å². The van der Waals surface area contributed by atoms with E-state index < -0.39 is 98.1 Å². The Kier molecular flexibility index (Phi) is 15.9. The number of carbonyl (C=O) groups excluding carboxylic acids is 4. The zero-order valence-electron chi connectivity index (χ0n) is 27.8. The summed E-state index contributed by atoms with van der Waals surface area (Å²) < 4.78 is 29.4. The first-order chi connectivity index (χ1) is 23.4. The molecule has 0 spiro atoms. The molecule has 0 bridgehead atoms. The molecule has 2 aromatic rings. The van der Waals surface area contributed by atoms with Crippen molar-refractivity contribution in [3.8, 4) is 0 Å². The number of carbonyl (C=O) groups is 6. The van der Waals surface area contributed by atoms with E-state index in [1.54, 1.807) is 62.4 Å². The van der Waals surface area contributed by atoms with Crippen LogP contribution < -0.4 is 21.3 Å². The van der Waals surface area contributed by atoms with Crippen LogP contribution in [0.15, 0.2) is 71.1 Å². The van der Waals surface area contributed by atoms with Crippen molar-refractivity contribution in [1.29, 1.82) is 0 Å². The summed E-state index contributed by atoms with van der Waals surface area (Å²) in [7, 11) is -3.99. The SMILES string of the molecule is CC(C)[C@@H](NC(=O)[C@@H](NC(=O)[C@H](CC(=O)O)NC(=O)OCc1ccccc1)c1ccccc1)C(=O)N[C@H](/C=C(\Cl)S(=O)(=O)C(C)C)CC(=O)O. The third-order valence-electron chi connectivity index (χ3n) is 7.08. The van der Waals surface area contributed by atoms with Crippen molar-refractivity contribution in [3.63, 3.8) is 0 Å². The van der Waals surface area contributed by atoms with Crippen LogP contribution in [0.2, 0.25) is 0 Å². The van der Waals surface area contributed by atoms with Gasteiger partial charge in [0.15, 0.2) is 9.84 Å². The maximum absolute atomic E-state index is 13.7. The van der Waals surface area contributed by atoms with Crippen molar-refractivity contribution >= 4 is 57.2 Å². The second kappa shape index (κ2) is 19.3. The lowest BCUT2D eigenvalue weighted by atomic mass is 10.00. The van der Waals surface area contributed by atoms with Crippen LogP contribution in [0.5, 0.6) is 0 Å². The topological polar surface area (TPSA) is 234 Å². The molecule has 0 saturated carbocycles. The molecule has 4 atom stereocenters. The number of aliphatic carboxylic acids is 2. The first-order valence-electron chi connectivity index (χ1n) is 15.4. The Morgan fingerprint density at radius 1 is 0.760 bits per heavy atom. The second-order valence-electron chi connectivity index (χ2n) is 11.7. The van der Waals surface area contributed by atoms with Gasteiger partial charge in [-0.15, -0.1) is 0 Å². The summed E-state index contributed by atoms with van der Waals surface area (Å²) in [5, 5.41) is 27.5. The van der Waals surface area contributed by atoms with Gasteiger partial charge in [0.1, 0.15) is 29.1 Å². The fourth-order valence-corrected chi connectivity index (χ4v) is 5.83. The number of nitrogens with one attached hydrogen (secondary N) is 4. The Morgan fingerprint density at radius 3 is 1.84 bits per heavy atom. The van der Waals surface area contributed by atoms with E-state index in [-0.39, 0.29) is 12.2 Å². The van der Waals surface area contributed by atoms with Crippen LogP contribution in [0.25, 0.3) is 0 Å². The molecule has 50 heavy (non-hydrogen) atoms. The Hall–Kier alpha value is -4.96. The monoisotopic (exact) mass is 736 g/mol. The molecule has 0 heterocycles. The Morgan fingerprint density at radius 2 is 1.32 bits per heavy atom. The van der Waals surface area contributed by atoms with E-state index in [4.69, 9.17) is 16.3 Å². The number of hydrogen-bond acceptors (Lipinski definition) is 9. The molecule has 0 saturated heterocycles. The van der Waals surface area contributed by atoms with E-state index in [9.17, 15) is 47.4 Å². The van der Waals surface area contributed by atoms with Crippen LogP contribution in [0.4, 0.5) is 4.79 Å². The lowest BCUT2D eigenvalue weighted by Crippen LogP contribution is -2.56. The maximum Gasteiger partial charge on any atom is 0.408 e. The Balaban J connectivity index is 2.31. The molecule has 17 heteroatoms. The summed E-state index contributed by atoms with van der Waals surface area (Å²) >= 11 is 6.00. The molecule has 0 aromatic heterocycles. The van der Waals surface area contributed by atoms with Crippen molar-refractivity contribution in [2.75, 3.05) is 0 Å². The zero-order valence-corrected chi connectivity index (χ0v) is 29.4. The van der Waals surface area contributed by atoms with E-state index in [0.717, 1.165) is 6.08 Å². The van der Waals surface area contributed by atoms with Gasteiger partial charge in [-0.1, -0.05) is 86.1 Å². The van der Waals surface area contributed by atoms with Gasteiger partial charge in [0.2, 0.25) is 17.7 Å². The number of amides is 4. The van der Waals surface area contributed by atoms with Crippen LogP contribution in [0, 0.1) is 5.92 Å². The number of carboxylic acids is 2. The molecule has 15 nitrogen and oxygen atoms in total. The number of hydrogen-bond donors (Lipinski definition) is 6. The molecule has 2 rings (SSSR count). The van der Waals surface area contributed by atoms with Gasteiger partial charge in [-0.2, -0.15) is 0 Å². The first-order valence-corrected chi connectivity index (χ1v) is 17.3. The summed E-state index contributed by atoms with van der Waals surface area (Å²) in [5.74, 6) is -6.26. The second-order valence-corrected chi connectivity index (χ2v) is 14.8. The van der Waals surface area contributed by atoms with Crippen molar-refractivity contribution in [1.82, 2.24) is 21.3 Å². The van der Waals surface area contributed by atoms with Gasteiger partial charge in [0.05, 0.1) is 24.1 Å². The third-order valence-corrected chi connectivity index (χ3v) is 9.77. The lowest BCUT2D eigenvalue weighted by Gasteiger charge is -2.27. The molecule has 0 aliphatic heterocycles. The summed E-state index contributed by atoms with van der Waals surface area (Å²) in [5.41, 5.74) is 0.875. The predicted molar refractivity (Wildman–Crippen MR) is 182 cm³/mol. The highest BCUT2D eigenvalue weighted by Gasteiger charge is 2.34. The molecule has 0 unspecified atom stereocenters. The summed E-state index contributed by atoms with van der Waals surface area (Å²) in [6.07, 6.45) is -1.78. The standard InChI is InChI=1S/C33H41ClN4O11S/c1-19(2)28(31(44)35-23(16-26(39)40)15-25(34)50(47,48)20(3)4)37-32(45)29(22-13-9-6-10-14-22)38-30(43)24(17-27(41)42)36-33(46)49-18-21-11-7-5-8-12-21/h5-15,19-20,23-24,28-29H,16-18H2,1-4H3,(H,35,44)(H,36,46)(H,37,45)(H,38,43)(H,39,40)(H,41,42)/b25-15+/t23-,24+,28-,29+/m1/s1. The molecule has 4 amide bonds. The van der Waals surface area contributed by atoms with Gasteiger partial charge >= 0.3 is 18.0 Å². The summed E-state index contributed by atoms with van der Waals surface area (Å²) in [4.78, 5) is 76.1. The van der Waals surface area contributed by atoms with E-state index in [0.29, 0.717) is 5.56 Å². The van der Waals surface area contributed by atoms with Gasteiger partial charge in [-0.3, -0.25) is 24.0 Å². The molecule has 6 N–H and O–H groups in total. The van der Waals surface area contributed by atoms with Crippen LogP contribution >= 0.6 is 11.6 Å². The van der Waals surface area contributed by atoms with Crippen molar-refractivity contribution < 1.29 is 52.1 Å². The number of halogens is 1. The molecule has 2 aromatic carbocycles. The smallest absolute Gasteiger partial charge is 0.408 e. The molecule has 0 radical (unpaired) electrons. The predicted octanol–water partition coefficient (Wildman–Crippen LogP) is 2.62. The maximum atomic E-state index is 13.7. The largest absolute Gasteiger partial charge is 0.481 e. The number of benzene rings is 2. The average molecular weight is 737 g/mol. The quantitative estimate of drug-likeness (QED) is 0.130. The minimum absolute atomic E-state index is 0.162. The van der Waals surface area contributed by atoms with Gasteiger partial charge in [0.25, 0.3) is 0 Å². The molecule has 0 aliphatic rings. The highest BCUT2D eigenvalue weighted by Crippen LogP contribution is 2.20. The highest BCUT2D eigenvalue weighted by molar-refractivity contribution is 7.97. The van der Waals surface area contributed by atoms with Crippen molar-refractivity contribution in [2.24, 2.45) is 5.92 Å². The van der Waals surface area contributed by atoms with Gasteiger partial charge in [-0.05, 0) is 37.0 Å². The van der Waals surface area contributed by atoms with E-state index >= 15 is 0 Å². The molecule has 272 valence electrons. The minimum atomic E-state index is -3.99. The third kappa shape index (κ3) is 13.2. The highest BCUT2D eigenvalue weighted by atomic mass is 35.5. The fraction of sp³-hybridized carbons (Fsp3) is 0.394. The van der Waals surface area contributed by atoms with Crippen molar-refractivity contribution in [2.45, 2.75) is 76.6 Å². The number of sulfone groups is 1. The molecular weight excluding hydrogens is 696 g/mol. The average Bonchev–Trinajstić information content (AvgIpc) is 3.04. The number of ether oxygens (including phenoxy) is 1. The van der Waals surface area contributed by atoms with E-state index in [2.05, 4.69) is 21.3 Å². The number of alkyl carbamates (subject to hydrolysis) is 1.